The van der Waals surface area contributed by atoms with Crippen LogP contribution < -0.4 is 0 Å². The zero-order valence-electron chi connectivity index (χ0n) is 9.99. The highest BCUT2D eigenvalue weighted by molar-refractivity contribution is 6.34. The molecular weight excluding hydrogens is 262 g/mol. The minimum atomic E-state index is -0.849. The van der Waals surface area contributed by atoms with Crippen LogP contribution in [0, 0.1) is 0 Å². The van der Waals surface area contributed by atoms with Crippen molar-refractivity contribution < 1.29 is 24.4 Å². The molecule has 0 aromatic heterocycles. The molecule has 98 valence electrons. The van der Waals surface area contributed by atoms with E-state index in [1.807, 2.05) is 0 Å². The maximum absolute atomic E-state index is 11.7. The summed E-state index contributed by atoms with van der Waals surface area (Å²) in [6.07, 6.45) is 3.47. The van der Waals surface area contributed by atoms with Gasteiger partial charge in [-0.05, 0) is 35.9 Å². The van der Waals surface area contributed by atoms with Crippen molar-refractivity contribution in [3.63, 3.8) is 0 Å². The average molecular weight is 269 g/mol. The summed E-state index contributed by atoms with van der Waals surface area (Å²) in [4.78, 5) is 46.2. The lowest BCUT2D eigenvalue weighted by Crippen LogP contribution is -2.25. The van der Waals surface area contributed by atoms with E-state index in [0.717, 1.165) is 12.2 Å². The molecule has 2 aliphatic rings. The van der Waals surface area contributed by atoms with Crippen molar-refractivity contribution >= 4 is 29.0 Å². The summed E-state index contributed by atoms with van der Waals surface area (Å²) >= 11 is 0. The molecule has 0 saturated carbocycles. The number of hydroxylamine groups is 2. The Kier molecular flexibility index (Phi) is 2.48. The number of hydrogen-bond acceptors (Lipinski definition) is 5. The Morgan fingerprint density at radius 3 is 2.35 bits per heavy atom. The third-order valence-electron chi connectivity index (χ3n) is 3.13. The maximum atomic E-state index is 11.7. The molecule has 1 aliphatic carbocycles. The van der Waals surface area contributed by atoms with Crippen LogP contribution in [0.15, 0.2) is 36.4 Å². The Balaban J connectivity index is 2.12. The zero-order chi connectivity index (χ0) is 14.4. The summed E-state index contributed by atoms with van der Waals surface area (Å²) in [5.74, 6) is -2.34. The molecule has 0 fully saturated rings. The molecule has 0 bridgehead atoms. The molecule has 20 heavy (non-hydrogen) atoms. The van der Waals surface area contributed by atoms with Gasteiger partial charge in [-0.2, -0.15) is 0 Å². The highest BCUT2D eigenvalue weighted by atomic mass is 16.5. The van der Waals surface area contributed by atoms with Gasteiger partial charge < -0.3 is 0 Å². The number of fused-ring (bicyclic) bond motifs is 1. The second-order valence-electron chi connectivity index (χ2n) is 4.34. The second kappa shape index (κ2) is 4.07. The Hall–Kier alpha value is -2.86. The van der Waals surface area contributed by atoms with Crippen molar-refractivity contribution in [2.75, 3.05) is 0 Å². The molecule has 0 saturated heterocycles. The quantitative estimate of drug-likeness (QED) is 0.461. The Morgan fingerprint density at radius 1 is 0.900 bits per heavy atom. The van der Waals surface area contributed by atoms with E-state index in [0.29, 0.717) is 5.56 Å². The monoisotopic (exact) mass is 269 g/mol. The number of amides is 2. The highest BCUT2D eigenvalue weighted by Crippen LogP contribution is 2.27. The lowest BCUT2D eigenvalue weighted by Gasteiger charge is -2.07. The number of hydrogen-bond donors (Lipinski definition) is 1. The largest absolute Gasteiger partial charge is 0.290 e. The van der Waals surface area contributed by atoms with Crippen molar-refractivity contribution in [2.45, 2.75) is 0 Å². The van der Waals surface area contributed by atoms with Gasteiger partial charge in [0.15, 0.2) is 11.6 Å². The van der Waals surface area contributed by atoms with Gasteiger partial charge in [0, 0.05) is 5.57 Å². The van der Waals surface area contributed by atoms with Gasteiger partial charge >= 0.3 is 0 Å². The van der Waals surface area contributed by atoms with Crippen LogP contribution in [-0.4, -0.2) is 33.7 Å². The number of imide groups is 1. The van der Waals surface area contributed by atoms with E-state index in [1.54, 1.807) is 0 Å². The third kappa shape index (κ3) is 1.63. The fourth-order valence-electron chi connectivity index (χ4n) is 2.13. The minimum absolute atomic E-state index is 0.00528. The predicted molar refractivity (Wildman–Crippen MR) is 65.9 cm³/mol. The number of rotatable bonds is 1. The molecule has 1 N–H and O–H groups in total. The Bertz CT molecular complexity index is 757. The van der Waals surface area contributed by atoms with Gasteiger partial charge in [-0.15, -0.1) is 5.06 Å². The molecule has 1 heterocycles. The topological polar surface area (TPSA) is 91.8 Å². The standard InChI is InChI=1S/C14H7NO5/c16-8-2-4-12(17)10(6-8)7-1-3-9-11(5-7)14(19)15(20)13(9)18/h1-6,20H. The summed E-state index contributed by atoms with van der Waals surface area (Å²) in [6.45, 7) is 0. The normalized spacial score (nSPS) is 17.6. The molecule has 0 spiro atoms. The van der Waals surface area contributed by atoms with E-state index in [9.17, 15) is 24.4 Å². The van der Waals surface area contributed by atoms with E-state index < -0.39 is 11.8 Å². The number of benzene rings is 1. The molecule has 6 nitrogen and oxygen atoms in total. The SMILES string of the molecule is O=C1C=CC(=O)C(c2ccc3c(c2)C(=O)N(O)C3=O)=C1. The maximum Gasteiger partial charge on any atom is 0.285 e. The summed E-state index contributed by atoms with van der Waals surface area (Å²) in [7, 11) is 0. The van der Waals surface area contributed by atoms with Crippen molar-refractivity contribution in [2.24, 2.45) is 0 Å². The number of nitrogens with zero attached hydrogens (tertiary/aromatic N) is 1. The van der Waals surface area contributed by atoms with Crippen LogP contribution in [0.2, 0.25) is 0 Å². The number of allylic oxidation sites excluding steroid dienone is 4. The van der Waals surface area contributed by atoms with E-state index in [-0.39, 0.29) is 33.3 Å². The first-order valence-electron chi connectivity index (χ1n) is 5.69. The molecule has 1 aromatic carbocycles. The van der Waals surface area contributed by atoms with Gasteiger partial charge in [-0.25, -0.2) is 0 Å². The van der Waals surface area contributed by atoms with Crippen molar-refractivity contribution in [1.29, 1.82) is 0 Å². The first-order chi connectivity index (χ1) is 9.49. The molecule has 1 aromatic rings. The van der Waals surface area contributed by atoms with E-state index >= 15 is 0 Å². The molecule has 0 unspecified atom stereocenters. The smallest absolute Gasteiger partial charge is 0.285 e. The van der Waals surface area contributed by atoms with Crippen LogP contribution in [0.3, 0.4) is 0 Å². The van der Waals surface area contributed by atoms with Crippen LogP contribution in [0.1, 0.15) is 26.3 Å². The lowest BCUT2D eigenvalue weighted by atomic mass is 9.94. The first kappa shape index (κ1) is 12.2. The van der Waals surface area contributed by atoms with E-state index in [1.165, 1.54) is 24.3 Å². The third-order valence-corrected chi connectivity index (χ3v) is 3.13. The molecule has 2 amide bonds. The summed E-state index contributed by atoms with van der Waals surface area (Å²) in [5.41, 5.74) is 0.567. The Labute approximate surface area is 112 Å². The molecular formula is C14H7NO5. The molecule has 6 heteroatoms. The lowest BCUT2D eigenvalue weighted by molar-refractivity contribution is -0.113. The van der Waals surface area contributed by atoms with Gasteiger partial charge in [0.2, 0.25) is 0 Å². The van der Waals surface area contributed by atoms with Crippen molar-refractivity contribution in [3.8, 4) is 0 Å². The zero-order valence-corrected chi connectivity index (χ0v) is 9.99. The van der Waals surface area contributed by atoms with Crippen molar-refractivity contribution in [1.82, 2.24) is 5.06 Å². The van der Waals surface area contributed by atoms with Crippen LogP contribution >= 0.6 is 0 Å². The average Bonchev–Trinajstić information content (AvgIpc) is 2.66. The highest BCUT2D eigenvalue weighted by Gasteiger charge is 2.35. The fraction of sp³-hybridized carbons (Fsp3) is 0. The van der Waals surface area contributed by atoms with Gasteiger partial charge in [0.05, 0.1) is 11.1 Å². The molecule has 3 rings (SSSR count). The summed E-state index contributed by atoms with van der Waals surface area (Å²) in [6, 6.07) is 4.12. The van der Waals surface area contributed by atoms with Gasteiger partial charge in [0.25, 0.3) is 11.8 Å². The first-order valence-corrected chi connectivity index (χ1v) is 5.69. The van der Waals surface area contributed by atoms with Gasteiger partial charge in [0.1, 0.15) is 0 Å². The molecule has 0 radical (unpaired) electrons. The van der Waals surface area contributed by atoms with Crippen LogP contribution in [-0.2, 0) is 9.59 Å². The number of ketones is 2. The molecule has 0 atom stereocenters. The number of carbonyl (C=O) groups excluding carboxylic acids is 4. The minimum Gasteiger partial charge on any atom is -0.290 e. The van der Waals surface area contributed by atoms with E-state index in [4.69, 9.17) is 0 Å². The van der Waals surface area contributed by atoms with E-state index in [2.05, 4.69) is 0 Å². The van der Waals surface area contributed by atoms with Crippen LogP contribution in [0.5, 0.6) is 0 Å². The fourth-order valence-corrected chi connectivity index (χ4v) is 2.13. The summed E-state index contributed by atoms with van der Waals surface area (Å²) in [5, 5.41) is 9.29. The predicted octanol–water partition coefficient (Wildman–Crippen LogP) is 0.763. The van der Waals surface area contributed by atoms with Crippen LogP contribution in [0.4, 0.5) is 0 Å². The van der Waals surface area contributed by atoms with Crippen molar-refractivity contribution in [3.05, 3.63) is 53.1 Å². The summed E-state index contributed by atoms with van der Waals surface area (Å²) < 4.78 is 0. The molecule has 1 aliphatic heterocycles. The number of carbonyl (C=O) groups is 4. The second-order valence-corrected chi connectivity index (χ2v) is 4.34. The Morgan fingerprint density at radius 2 is 1.60 bits per heavy atom. The van der Waals surface area contributed by atoms with Crippen LogP contribution in [0.25, 0.3) is 5.57 Å². The van der Waals surface area contributed by atoms with Gasteiger partial charge in [-0.1, -0.05) is 6.07 Å². The van der Waals surface area contributed by atoms with Gasteiger partial charge in [-0.3, -0.25) is 24.4 Å².